The third kappa shape index (κ3) is 3.30. The van der Waals surface area contributed by atoms with Gasteiger partial charge >= 0.3 is 5.51 Å². The van der Waals surface area contributed by atoms with Crippen molar-refractivity contribution in [2.45, 2.75) is 25.9 Å². The quantitative estimate of drug-likeness (QED) is 0.767. The molecule has 0 N–H and O–H groups in total. The zero-order valence-electron chi connectivity index (χ0n) is 8.97. The van der Waals surface area contributed by atoms with Crippen LogP contribution in [0.1, 0.15) is 21.7 Å². The molecule has 0 radical (unpaired) electrons. The van der Waals surface area contributed by atoms with Gasteiger partial charge < -0.3 is 4.57 Å². The van der Waals surface area contributed by atoms with Crippen LogP contribution in [-0.4, -0.2) is 22.1 Å². The van der Waals surface area contributed by atoms with Gasteiger partial charge in [0.25, 0.3) is 0 Å². The molecule has 0 fully saturated rings. The molecule has 0 saturated heterocycles. The predicted molar refractivity (Wildman–Crippen MR) is 57.8 cm³/mol. The van der Waals surface area contributed by atoms with E-state index in [0.29, 0.717) is 5.56 Å². The lowest BCUT2D eigenvalue weighted by atomic mass is 10.3. The fourth-order valence-electron chi connectivity index (χ4n) is 1.54. The Hall–Kier alpha value is -0.910. The maximum Gasteiger partial charge on any atom is 0.441 e. The highest BCUT2D eigenvalue weighted by atomic mass is 32.2. The molecule has 16 heavy (non-hydrogen) atoms. The van der Waals surface area contributed by atoms with Gasteiger partial charge in [-0.15, -0.1) is 0 Å². The van der Waals surface area contributed by atoms with Crippen molar-refractivity contribution in [3.05, 3.63) is 23.0 Å². The fourth-order valence-corrected chi connectivity index (χ4v) is 2.05. The third-order valence-electron chi connectivity index (χ3n) is 2.32. The average molecular weight is 251 g/mol. The summed E-state index contributed by atoms with van der Waals surface area (Å²) >= 11 is -0.0465. The molecule has 1 rings (SSSR count). The Morgan fingerprint density at radius 2 is 2.06 bits per heavy atom. The molecule has 1 aromatic heterocycles. The number of alkyl halides is 3. The highest BCUT2D eigenvalue weighted by Crippen LogP contribution is 2.30. The highest BCUT2D eigenvalue weighted by Gasteiger charge is 2.27. The highest BCUT2D eigenvalue weighted by molar-refractivity contribution is 8.00. The molecule has 0 aliphatic carbocycles. The van der Waals surface area contributed by atoms with Gasteiger partial charge in [-0.2, -0.15) is 13.2 Å². The van der Waals surface area contributed by atoms with Crippen molar-refractivity contribution in [1.82, 2.24) is 4.57 Å². The van der Waals surface area contributed by atoms with Crippen LogP contribution in [0.4, 0.5) is 13.2 Å². The van der Waals surface area contributed by atoms with Crippen molar-refractivity contribution < 1.29 is 18.0 Å². The molecular formula is C10H12F3NOS. The molecule has 0 spiro atoms. The lowest BCUT2D eigenvalue weighted by Crippen LogP contribution is -2.09. The zero-order valence-corrected chi connectivity index (χ0v) is 9.78. The van der Waals surface area contributed by atoms with Gasteiger partial charge in [0.1, 0.15) is 0 Å². The van der Waals surface area contributed by atoms with Gasteiger partial charge in [0, 0.05) is 29.2 Å². The molecule has 0 aliphatic heterocycles. The van der Waals surface area contributed by atoms with Crippen molar-refractivity contribution in [2.24, 2.45) is 0 Å². The second-order valence-electron chi connectivity index (χ2n) is 3.39. The summed E-state index contributed by atoms with van der Waals surface area (Å²) in [6.07, 6.45) is 0.718. The number of carbonyl (C=O) groups is 1. The Balaban J connectivity index is 2.67. The molecule has 0 amide bonds. The molecular weight excluding hydrogens is 239 g/mol. The van der Waals surface area contributed by atoms with Crippen LogP contribution in [0.5, 0.6) is 0 Å². The van der Waals surface area contributed by atoms with Crippen LogP contribution in [0, 0.1) is 13.8 Å². The number of rotatable bonds is 4. The summed E-state index contributed by atoms with van der Waals surface area (Å²) in [6, 6.07) is 1.68. The number of hydrogen-bond donors (Lipinski definition) is 0. The summed E-state index contributed by atoms with van der Waals surface area (Å²) < 4.78 is 37.5. The molecule has 0 aliphatic rings. The van der Waals surface area contributed by atoms with Crippen molar-refractivity contribution in [3.8, 4) is 0 Å². The lowest BCUT2D eigenvalue weighted by Gasteiger charge is -2.10. The normalized spacial score (nSPS) is 11.8. The van der Waals surface area contributed by atoms with E-state index in [1.807, 2.05) is 0 Å². The van der Waals surface area contributed by atoms with E-state index in [4.69, 9.17) is 0 Å². The van der Waals surface area contributed by atoms with E-state index >= 15 is 0 Å². The monoisotopic (exact) mass is 251 g/mol. The van der Waals surface area contributed by atoms with Crippen LogP contribution in [0.2, 0.25) is 0 Å². The maximum atomic E-state index is 11.9. The van der Waals surface area contributed by atoms with Crippen LogP contribution in [0.15, 0.2) is 6.07 Å². The first kappa shape index (κ1) is 13.2. The second kappa shape index (κ2) is 4.95. The van der Waals surface area contributed by atoms with E-state index in [9.17, 15) is 18.0 Å². The Kier molecular flexibility index (Phi) is 4.07. The van der Waals surface area contributed by atoms with Gasteiger partial charge in [-0.3, -0.25) is 4.79 Å². The lowest BCUT2D eigenvalue weighted by molar-refractivity contribution is -0.0328. The summed E-state index contributed by atoms with van der Waals surface area (Å²) in [4.78, 5) is 10.6. The molecule has 90 valence electrons. The smallest absolute Gasteiger partial charge is 0.348 e. The number of aryl methyl sites for hydroxylation is 1. The topological polar surface area (TPSA) is 22.0 Å². The van der Waals surface area contributed by atoms with E-state index in [0.717, 1.165) is 17.7 Å². The van der Waals surface area contributed by atoms with Crippen molar-refractivity contribution >= 4 is 18.0 Å². The number of halogens is 3. The van der Waals surface area contributed by atoms with Crippen molar-refractivity contribution in [1.29, 1.82) is 0 Å². The van der Waals surface area contributed by atoms with Gasteiger partial charge in [0.05, 0.1) is 0 Å². The standard InChI is InChI=1S/C10H12F3NOS/c1-7-5-9(6-15)8(2)14(7)3-4-16-10(11,12)13/h5-6H,3-4H2,1-2H3. The Bertz CT molecular complexity index is 384. The van der Waals surface area contributed by atoms with E-state index in [1.165, 1.54) is 0 Å². The summed E-state index contributed by atoms with van der Waals surface area (Å²) in [5.41, 5.74) is -2.13. The Labute approximate surface area is 95.8 Å². The molecule has 0 bridgehead atoms. The second-order valence-corrected chi connectivity index (χ2v) is 4.55. The van der Waals surface area contributed by atoms with Gasteiger partial charge in [-0.25, -0.2) is 0 Å². The summed E-state index contributed by atoms with van der Waals surface area (Å²) in [5, 5.41) is 0. The molecule has 0 aromatic carbocycles. The van der Waals surface area contributed by atoms with Gasteiger partial charge in [0.2, 0.25) is 0 Å². The van der Waals surface area contributed by atoms with Gasteiger partial charge in [-0.1, -0.05) is 0 Å². The summed E-state index contributed by atoms with van der Waals surface area (Å²) in [5.74, 6) is -0.0435. The van der Waals surface area contributed by atoms with Crippen LogP contribution < -0.4 is 0 Å². The predicted octanol–water partition coefficient (Wildman–Crippen LogP) is 3.17. The largest absolute Gasteiger partial charge is 0.441 e. The van der Waals surface area contributed by atoms with Crippen LogP contribution in [-0.2, 0) is 6.54 Å². The maximum absolute atomic E-state index is 11.9. The first-order valence-electron chi connectivity index (χ1n) is 4.67. The minimum Gasteiger partial charge on any atom is -0.348 e. The molecule has 0 atom stereocenters. The Morgan fingerprint density at radius 3 is 2.50 bits per heavy atom. The average Bonchev–Trinajstić information content (AvgIpc) is 2.42. The number of aromatic nitrogens is 1. The van der Waals surface area contributed by atoms with Crippen LogP contribution in [0.3, 0.4) is 0 Å². The van der Waals surface area contributed by atoms with Gasteiger partial charge in [0.15, 0.2) is 6.29 Å². The molecule has 6 heteroatoms. The van der Waals surface area contributed by atoms with E-state index in [2.05, 4.69) is 0 Å². The minimum atomic E-state index is -4.19. The number of nitrogens with zero attached hydrogens (tertiary/aromatic N) is 1. The molecule has 0 saturated carbocycles. The zero-order chi connectivity index (χ0) is 12.3. The molecule has 2 nitrogen and oxygen atoms in total. The number of thioether (sulfide) groups is 1. The SMILES string of the molecule is Cc1cc(C=O)c(C)n1CCSC(F)(F)F. The van der Waals surface area contributed by atoms with Crippen molar-refractivity contribution in [2.75, 3.05) is 5.75 Å². The van der Waals surface area contributed by atoms with Crippen LogP contribution >= 0.6 is 11.8 Å². The number of aldehydes is 1. The molecule has 0 unspecified atom stereocenters. The molecule has 1 aromatic rings. The Morgan fingerprint density at radius 1 is 1.44 bits per heavy atom. The van der Waals surface area contributed by atoms with Crippen molar-refractivity contribution in [3.63, 3.8) is 0 Å². The van der Waals surface area contributed by atoms with E-state index in [-0.39, 0.29) is 24.1 Å². The first-order chi connectivity index (χ1) is 7.35. The number of carbonyl (C=O) groups excluding carboxylic acids is 1. The molecule has 1 heterocycles. The fraction of sp³-hybridized carbons (Fsp3) is 0.500. The van der Waals surface area contributed by atoms with Gasteiger partial charge in [-0.05, 0) is 31.7 Å². The minimum absolute atomic E-state index is 0.0435. The first-order valence-corrected chi connectivity index (χ1v) is 5.66. The summed E-state index contributed by atoms with van der Waals surface area (Å²) in [6.45, 7) is 3.77. The number of hydrogen-bond acceptors (Lipinski definition) is 2. The van der Waals surface area contributed by atoms with E-state index < -0.39 is 5.51 Å². The summed E-state index contributed by atoms with van der Waals surface area (Å²) in [7, 11) is 0. The van der Waals surface area contributed by atoms with E-state index in [1.54, 1.807) is 24.5 Å². The third-order valence-corrected chi connectivity index (χ3v) is 3.03. The van der Waals surface area contributed by atoms with Crippen LogP contribution in [0.25, 0.3) is 0 Å².